The second-order valence-electron chi connectivity index (χ2n) is 7.21. The van der Waals surface area contributed by atoms with Crippen molar-refractivity contribution in [3.05, 3.63) is 70.4 Å². The Labute approximate surface area is 185 Å². The maximum atomic E-state index is 12.3. The van der Waals surface area contributed by atoms with Gasteiger partial charge in [0.15, 0.2) is 0 Å². The lowest BCUT2D eigenvalue weighted by atomic mass is 10.2. The molecule has 0 unspecified atom stereocenters. The Morgan fingerprint density at radius 3 is 2.77 bits per heavy atom. The average molecular weight is 436 g/mol. The molecule has 0 atom stereocenters. The summed E-state index contributed by atoms with van der Waals surface area (Å²) < 4.78 is 7.35. The minimum atomic E-state index is -0.311. The topological polar surface area (TPSA) is 81.9 Å². The Hall–Kier alpha value is -3.26. The summed E-state index contributed by atoms with van der Waals surface area (Å²) in [5.74, 6) is 2.10. The second-order valence-corrected chi connectivity index (χ2v) is 8.21. The first-order valence-corrected chi connectivity index (χ1v) is 11.1. The van der Waals surface area contributed by atoms with E-state index in [9.17, 15) is 4.79 Å². The predicted octanol–water partition coefficient (Wildman–Crippen LogP) is 4.38. The number of ether oxygens (including phenoxy) is 1. The number of benzene rings is 1. The van der Waals surface area contributed by atoms with Crippen molar-refractivity contribution in [1.82, 2.24) is 19.5 Å². The normalized spacial score (nSPS) is 11.1. The zero-order chi connectivity index (χ0) is 21.8. The van der Waals surface area contributed by atoms with Crippen molar-refractivity contribution in [2.75, 3.05) is 18.5 Å². The fourth-order valence-electron chi connectivity index (χ4n) is 3.55. The van der Waals surface area contributed by atoms with Gasteiger partial charge in [-0.2, -0.15) is 0 Å². The fourth-order valence-corrected chi connectivity index (χ4v) is 4.67. The lowest BCUT2D eigenvalue weighted by Crippen LogP contribution is -2.12. The number of carbonyl (C=O) groups excluding carboxylic acids is 1. The van der Waals surface area contributed by atoms with Gasteiger partial charge in [0.1, 0.15) is 27.2 Å². The van der Waals surface area contributed by atoms with Crippen LogP contribution in [0.4, 0.5) is 5.82 Å². The highest BCUT2D eigenvalue weighted by Gasteiger charge is 2.20. The van der Waals surface area contributed by atoms with E-state index in [0.717, 1.165) is 40.4 Å². The second kappa shape index (κ2) is 9.26. The third-order valence-electron chi connectivity index (χ3n) is 5.00. The molecule has 1 N–H and O–H groups in total. The number of nitrogens with one attached hydrogen (secondary N) is 1. The highest BCUT2D eigenvalue weighted by Crippen LogP contribution is 2.34. The SMILES string of the molecule is CCOC(=O)c1sc2nc(C)nc(NCCc3nccn3Cc3ccccc3)c2c1C. The van der Waals surface area contributed by atoms with Gasteiger partial charge in [-0.05, 0) is 31.9 Å². The van der Waals surface area contributed by atoms with Crippen LogP contribution in [0.15, 0.2) is 42.7 Å². The van der Waals surface area contributed by atoms with Crippen LogP contribution in [0.2, 0.25) is 0 Å². The van der Waals surface area contributed by atoms with E-state index in [4.69, 9.17) is 4.74 Å². The predicted molar refractivity (Wildman–Crippen MR) is 123 cm³/mol. The molecule has 0 bridgehead atoms. The van der Waals surface area contributed by atoms with Crippen LogP contribution < -0.4 is 5.32 Å². The van der Waals surface area contributed by atoms with Crippen LogP contribution in [0.25, 0.3) is 10.2 Å². The Balaban J connectivity index is 1.51. The van der Waals surface area contributed by atoms with E-state index in [1.165, 1.54) is 16.9 Å². The quantitative estimate of drug-likeness (QED) is 0.414. The van der Waals surface area contributed by atoms with Crippen molar-refractivity contribution in [2.24, 2.45) is 0 Å². The van der Waals surface area contributed by atoms with E-state index in [0.29, 0.717) is 23.9 Å². The van der Waals surface area contributed by atoms with E-state index in [1.807, 2.05) is 44.4 Å². The standard InChI is InChI=1S/C23H25N5O2S/c1-4-30-23(29)20-15(2)19-21(26-16(3)27-22(19)31-20)25-11-10-18-24-12-13-28(18)14-17-8-6-5-7-9-17/h5-9,12-13H,4,10-11,14H2,1-3H3,(H,25,26,27). The Kier molecular flexibility index (Phi) is 6.27. The minimum Gasteiger partial charge on any atom is -0.462 e. The van der Waals surface area contributed by atoms with Crippen LogP contribution in [-0.2, 0) is 17.7 Å². The van der Waals surface area contributed by atoms with Crippen LogP contribution in [0.3, 0.4) is 0 Å². The molecule has 31 heavy (non-hydrogen) atoms. The summed E-state index contributed by atoms with van der Waals surface area (Å²) in [5, 5.41) is 4.31. The van der Waals surface area contributed by atoms with Crippen LogP contribution in [0, 0.1) is 13.8 Å². The number of carbonyl (C=O) groups is 1. The van der Waals surface area contributed by atoms with Gasteiger partial charge >= 0.3 is 5.97 Å². The van der Waals surface area contributed by atoms with E-state index in [-0.39, 0.29) is 5.97 Å². The van der Waals surface area contributed by atoms with Crippen molar-refractivity contribution in [2.45, 2.75) is 33.7 Å². The molecule has 0 radical (unpaired) electrons. The van der Waals surface area contributed by atoms with Gasteiger partial charge in [0.25, 0.3) is 0 Å². The number of nitrogens with zero attached hydrogens (tertiary/aromatic N) is 4. The molecule has 0 fully saturated rings. The van der Waals surface area contributed by atoms with Crippen molar-refractivity contribution < 1.29 is 9.53 Å². The molecular formula is C23H25N5O2S. The summed E-state index contributed by atoms with van der Waals surface area (Å²) in [5.41, 5.74) is 2.09. The Morgan fingerprint density at radius 1 is 1.19 bits per heavy atom. The Morgan fingerprint density at radius 2 is 2.00 bits per heavy atom. The highest BCUT2D eigenvalue weighted by atomic mass is 32.1. The molecule has 8 heteroatoms. The maximum absolute atomic E-state index is 12.3. The van der Waals surface area contributed by atoms with Gasteiger partial charge in [-0.25, -0.2) is 19.7 Å². The van der Waals surface area contributed by atoms with Crippen LogP contribution in [0.1, 0.15) is 39.4 Å². The highest BCUT2D eigenvalue weighted by molar-refractivity contribution is 7.20. The lowest BCUT2D eigenvalue weighted by molar-refractivity contribution is 0.0531. The number of fused-ring (bicyclic) bond motifs is 1. The minimum absolute atomic E-state index is 0.311. The monoisotopic (exact) mass is 435 g/mol. The maximum Gasteiger partial charge on any atom is 0.348 e. The number of aryl methyl sites for hydroxylation is 2. The smallest absolute Gasteiger partial charge is 0.348 e. The number of thiophene rings is 1. The van der Waals surface area contributed by atoms with Crippen molar-refractivity contribution >= 4 is 33.3 Å². The van der Waals surface area contributed by atoms with Crippen LogP contribution in [0.5, 0.6) is 0 Å². The molecule has 3 heterocycles. The number of hydrogen-bond donors (Lipinski definition) is 1. The molecule has 4 aromatic rings. The van der Waals surface area contributed by atoms with Gasteiger partial charge in [-0.15, -0.1) is 11.3 Å². The third-order valence-corrected chi connectivity index (χ3v) is 6.17. The molecule has 0 aliphatic heterocycles. The molecule has 7 nitrogen and oxygen atoms in total. The zero-order valence-corrected chi connectivity index (χ0v) is 18.7. The van der Waals surface area contributed by atoms with E-state index >= 15 is 0 Å². The first-order valence-electron chi connectivity index (χ1n) is 10.3. The molecule has 0 spiro atoms. The van der Waals surface area contributed by atoms with Gasteiger partial charge in [0, 0.05) is 31.9 Å². The zero-order valence-electron chi connectivity index (χ0n) is 17.9. The van der Waals surface area contributed by atoms with Gasteiger partial charge in [0.05, 0.1) is 12.0 Å². The van der Waals surface area contributed by atoms with Gasteiger partial charge in [-0.1, -0.05) is 30.3 Å². The molecular weight excluding hydrogens is 410 g/mol. The number of anilines is 1. The first kappa shape index (κ1) is 21.0. The number of rotatable bonds is 8. The molecule has 0 aliphatic rings. The van der Waals surface area contributed by atoms with Crippen LogP contribution >= 0.6 is 11.3 Å². The number of imidazole rings is 1. The first-order chi connectivity index (χ1) is 15.1. The summed E-state index contributed by atoms with van der Waals surface area (Å²) in [6.07, 6.45) is 4.59. The Bertz CT molecular complexity index is 1200. The van der Waals surface area contributed by atoms with Gasteiger partial charge in [-0.3, -0.25) is 0 Å². The van der Waals surface area contributed by atoms with Gasteiger partial charge < -0.3 is 14.6 Å². The average Bonchev–Trinajstić information content (AvgIpc) is 3.33. The third kappa shape index (κ3) is 4.59. The van der Waals surface area contributed by atoms with Gasteiger partial charge in [0.2, 0.25) is 0 Å². The molecule has 3 aromatic heterocycles. The summed E-state index contributed by atoms with van der Waals surface area (Å²) in [6.45, 7) is 7.38. The lowest BCUT2D eigenvalue weighted by Gasteiger charge is -2.10. The van der Waals surface area contributed by atoms with E-state index in [1.54, 1.807) is 6.92 Å². The van der Waals surface area contributed by atoms with E-state index < -0.39 is 0 Å². The number of hydrogen-bond acceptors (Lipinski definition) is 7. The molecule has 0 saturated heterocycles. The fraction of sp³-hybridized carbons (Fsp3) is 0.304. The van der Waals surface area contributed by atoms with Crippen LogP contribution in [-0.4, -0.2) is 38.6 Å². The molecule has 160 valence electrons. The van der Waals surface area contributed by atoms with E-state index in [2.05, 4.69) is 37.0 Å². The molecule has 0 aliphatic carbocycles. The molecule has 4 rings (SSSR count). The summed E-state index contributed by atoms with van der Waals surface area (Å²) in [6, 6.07) is 10.3. The number of esters is 1. The molecule has 1 aromatic carbocycles. The molecule has 0 saturated carbocycles. The van der Waals surface area contributed by atoms with Crippen molar-refractivity contribution in [1.29, 1.82) is 0 Å². The number of aromatic nitrogens is 4. The van der Waals surface area contributed by atoms with Crippen molar-refractivity contribution in [3.8, 4) is 0 Å². The van der Waals surface area contributed by atoms with Crippen molar-refractivity contribution in [3.63, 3.8) is 0 Å². The summed E-state index contributed by atoms with van der Waals surface area (Å²) in [7, 11) is 0. The largest absolute Gasteiger partial charge is 0.462 e. The summed E-state index contributed by atoms with van der Waals surface area (Å²) >= 11 is 1.35. The molecule has 0 amide bonds. The summed E-state index contributed by atoms with van der Waals surface area (Å²) in [4.78, 5) is 27.3.